The summed E-state index contributed by atoms with van der Waals surface area (Å²) in [5, 5.41) is 5.95. The van der Waals surface area contributed by atoms with Crippen LogP contribution in [-0.2, 0) is 0 Å². The molecule has 1 N–H and O–H groups in total. The van der Waals surface area contributed by atoms with Crippen LogP contribution < -0.4 is 0 Å². The summed E-state index contributed by atoms with van der Waals surface area (Å²) in [6, 6.07) is 0. The number of rotatable bonds is 5. The maximum atomic E-state index is 12.3. The minimum absolute atomic E-state index is 0.0972. The van der Waals surface area contributed by atoms with E-state index in [-0.39, 0.29) is 12.1 Å². The van der Waals surface area contributed by atoms with Gasteiger partial charge in [-0.3, -0.25) is 9.89 Å². The van der Waals surface area contributed by atoms with Gasteiger partial charge in [-0.1, -0.05) is 13.3 Å². The zero-order valence-corrected chi connectivity index (χ0v) is 9.42. The first-order chi connectivity index (χ1) is 7.94. The molecular formula is C10H14F3N3O. The van der Waals surface area contributed by atoms with E-state index in [1.165, 1.54) is 12.4 Å². The zero-order chi connectivity index (χ0) is 12.9. The molecule has 7 heteroatoms. The molecule has 1 amide bonds. The molecule has 1 aromatic rings. The maximum absolute atomic E-state index is 12.3. The van der Waals surface area contributed by atoms with Gasteiger partial charge in [0.1, 0.15) is 6.54 Å². The molecule has 96 valence electrons. The molecule has 0 unspecified atom stereocenters. The number of H-pyrrole nitrogens is 1. The lowest BCUT2D eigenvalue weighted by molar-refractivity contribution is -0.140. The molecule has 0 bridgehead atoms. The van der Waals surface area contributed by atoms with Crippen molar-refractivity contribution in [2.24, 2.45) is 0 Å². The van der Waals surface area contributed by atoms with Gasteiger partial charge >= 0.3 is 6.18 Å². The van der Waals surface area contributed by atoms with Crippen LogP contribution in [0.25, 0.3) is 0 Å². The Labute approximate surface area is 96.8 Å². The van der Waals surface area contributed by atoms with Crippen LogP contribution >= 0.6 is 0 Å². The van der Waals surface area contributed by atoms with Crippen molar-refractivity contribution in [1.29, 1.82) is 0 Å². The summed E-state index contributed by atoms with van der Waals surface area (Å²) in [5.41, 5.74) is 0.144. The number of aromatic amines is 1. The van der Waals surface area contributed by atoms with E-state index in [4.69, 9.17) is 0 Å². The topological polar surface area (TPSA) is 49.0 Å². The van der Waals surface area contributed by atoms with Crippen molar-refractivity contribution in [2.75, 3.05) is 13.1 Å². The van der Waals surface area contributed by atoms with Crippen molar-refractivity contribution in [2.45, 2.75) is 25.9 Å². The van der Waals surface area contributed by atoms with Gasteiger partial charge in [0.15, 0.2) is 0 Å². The Morgan fingerprint density at radius 1 is 1.53 bits per heavy atom. The highest BCUT2D eigenvalue weighted by Crippen LogP contribution is 2.18. The summed E-state index contributed by atoms with van der Waals surface area (Å²) in [6.45, 7) is 0.727. The fourth-order valence-corrected chi connectivity index (χ4v) is 1.37. The molecule has 0 spiro atoms. The number of halogens is 3. The summed E-state index contributed by atoms with van der Waals surface area (Å²) >= 11 is 0. The first kappa shape index (κ1) is 13.5. The van der Waals surface area contributed by atoms with Crippen LogP contribution in [-0.4, -0.2) is 40.3 Å². The van der Waals surface area contributed by atoms with Gasteiger partial charge in [0.05, 0.1) is 11.8 Å². The smallest absolute Gasteiger partial charge is 0.329 e. The summed E-state index contributed by atoms with van der Waals surface area (Å²) in [5.74, 6) is -0.649. The minimum atomic E-state index is -4.38. The van der Waals surface area contributed by atoms with E-state index in [2.05, 4.69) is 10.2 Å². The Balaban J connectivity index is 2.72. The molecule has 1 heterocycles. The van der Waals surface area contributed by atoms with Crippen molar-refractivity contribution in [3.8, 4) is 0 Å². The van der Waals surface area contributed by atoms with Crippen LogP contribution in [0.5, 0.6) is 0 Å². The first-order valence-corrected chi connectivity index (χ1v) is 5.29. The maximum Gasteiger partial charge on any atom is 0.406 e. The molecule has 0 aliphatic rings. The predicted octanol–water partition coefficient (Wildman–Crippen LogP) is 2.21. The number of hydrogen-bond acceptors (Lipinski definition) is 2. The second-order valence-corrected chi connectivity index (χ2v) is 3.68. The number of nitrogens with zero attached hydrogens (tertiary/aromatic N) is 2. The lowest BCUT2D eigenvalue weighted by Crippen LogP contribution is -2.39. The van der Waals surface area contributed by atoms with Gasteiger partial charge in [0.25, 0.3) is 5.91 Å². The van der Waals surface area contributed by atoms with Gasteiger partial charge in [-0.2, -0.15) is 18.3 Å². The standard InChI is InChI=1S/C10H14F3N3O/c1-2-3-4-16(7-10(11,12)13)9(17)8-5-14-15-6-8/h5-6H,2-4,7H2,1H3,(H,14,15). The lowest BCUT2D eigenvalue weighted by atomic mass is 10.2. The predicted molar refractivity (Wildman–Crippen MR) is 55.5 cm³/mol. The average molecular weight is 249 g/mol. The third kappa shape index (κ3) is 4.46. The highest BCUT2D eigenvalue weighted by molar-refractivity contribution is 5.93. The molecule has 0 saturated carbocycles. The Morgan fingerprint density at radius 3 is 2.71 bits per heavy atom. The van der Waals surface area contributed by atoms with E-state index >= 15 is 0 Å². The highest BCUT2D eigenvalue weighted by atomic mass is 19.4. The summed E-state index contributed by atoms with van der Waals surface area (Å²) in [7, 11) is 0. The van der Waals surface area contributed by atoms with E-state index in [0.717, 1.165) is 11.3 Å². The highest BCUT2D eigenvalue weighted by Gasteiger charge is 2.33. The molecule has 0 saturated heterocycles. The van der Waals surface area contributed by atoms with Crippen molar-refractivity contribution in [1.82, 2.24) is 15.1 Å². The molecule has 0 radical (unpaired) electrons. The molecule has 1 rings (SSSR count). The number of alkyl halides is 3. The van der Waals surface area contributed by atoms with Crippen molar-refractivity contribution in [3.05, 3.63) is 18.0 Å². The van der Waals surface area contributed by atoms with Crippen LogP contribution in [0.15, 0.2) is 12.4 Å². The third-order valence-corrected chi connectivity index (χ3v) is 2.18. The Hall–Kier alpha value is -1.53. The van der Waals surface area contributed by atoms with Crippen molar-refractivity contribution >= 4 is 5.91 Å². The number of aromatic nitrogens is 2. The van der Waals surface area contributed by atoms with Gasteiger partial charge in [0, 0.05) is 12.7 Å². The molecule has 0 aliphatic carbocycles. The number of nitrogens with one attached hydrogen (secondary N) is 1. The molecule has 0 aromatic carbocycles. The fraction of sp³-hybridized carbons (Fsp3) is 0.600. The van der Waals surface area contributed by atoms with Gasteiger partial charge in [0.2, 0.25) is 0 Å². The Morgan fingerprint density at radius 2 is 2.24 bits per heavy atom. The van der Waals surface area contributed by atoms with Crippen LogP contribution in [0.3, 0.4) is 0 Å². The number of carbonyl (C=O) groups excluding carboxylic acids is 1. The molecule has 0 atom stereocenters. The monoisotopic (exact) mass is 249 g/mol. The third-order valence-electron chi connectivity index (χ3n) is 2.18. The fourth-order valence-electron chi connectivity index (χ4n) is 1.37. The van der Waals surface area contributed by atoms with E-state index in [1.54, 1.807) is 0 Å². The molecule has 4 nitrogen and oxygen atoms in total. The number of hydrogen-bond donors (Lipinski definition) is 1. The van der Waals surface area contributed by atoms with Gasteiger partial charge in [-0.15, -0.1) is 0 Å². The zero-order valence-electron chi connectivity index (χ0n) is 9.42. The lowest BCUT2D eigenvalue weighted by Gasteiger charge is -2.23. The first-order valence-electron chi connectivity index (χ1n) is 5.29. The quantitative estimate of drug-likeness (QED) is 0.869. The normalized spacial score (nSPS) is 11.5. The van der Waals surface area contributed by atoms with E-state index in [9.17, 15) is 18.0 Å². The van der Waals surface area contributed by atoms with Crippen molar-refractivity contribution in [3.63, 3.8) is 0 Å². The average Bonchev–Trinajstić information content (AvgIpc) is 2.74. The summed E-state index contributed by atoms with van der Waals surface area (Å²) < 4.78 is 37.0. The molecule has 17 heavy (non-hydrogen) atoms. The van der Waals surface area contributed by atoms with E-state index in [1.807, 2.05) is 6.92 Å². The van der Waals surface area contributed by atoms with Crippen molar-refractivity contribution < 1.29 is 18.0 Å². The number of amides is 1. The molecule has 1 aromatic heterocycles. The van der Waals surface area contributed by atoms with Crippen LogP contribution in [0.1, 0.15) is 30.1 Å². The van der Waals surface area contributed by atoms with Crippen LogP contribution in [0, 0.1) is 0 Å². The van der Waals surface area contributed by atoms with Gasteiger partial charge in [-0.25, -0.2) is 0 Å². The van der Waals surface area contributed by atoms with Gasteiger partial charge in [-0.05, 0) is 6.42 Å². The molecule has 0 fully saturated rings. The van der Waals surface area contributed by atoms with Gasteiger partial charge < -0.3 is 4.90 Å². The molecular weight excluding hydrogens is 235 g/mol. The second kappa shape index (κ2) is 5.70. The van der Waals surface area contributed by atoms with E-state index in [0.29, 0.717) is 6.42 Å². The van der Waals surface area contributed by atoms with Crippen LogP contribution in [0.4, 0.5) is 13.2 Å². The largest absolute Gasteiger partial charge is 0.406 e. The SMILES string of the molecule is CCCCN(CC(F)(F)F)C(=O)c1cn[nH]c1. The number of unbranched alkanes of at least 4 members (excludes halogenated alkanes) is 1. The second-order valence-electron chi connectivity index (χ2n) is 3.68. The van der Waals surface area contributed by atoms with Crippen LogP contribution in [0.2, 0.25) is 0 Å². The Kier molecular flexibility index (Phi) is 4.53. The van der Waals surface area contributed by atoms with E-state index < -0.39 is 18.6 Å². The number of carbonyl (C=O) groups is 1. The molecule has 0 aliphatic heterocycles. The Bertz CT molecular complexity index is 348. The summed E-state index contributed by atoms with van der Waals surface area (Å²) in [4.78, 5) is 12.6. The minimum Gasteiger partial charge on any atom is -0.329 e. The summed E-state index contributed by atoms with van der Waals surface area (Å²) in [6.07, 6.45) is -0.602.